The fourth-order valence-electron chi connectivity index (χ4n) is 4.56. The number of ether oxygens (including phenoxy) is 1. The standard InChI is InChI=1S/C25H27BrN4O2S/c1-16-15-20(17(2)30(16)19-11-9-18(26)10-12-19)24-23(21-7-4-5-13-27-21)28-25(33)29(24)14-6-8-22(31)32-3/h4-5,7,9-13,15,23-24H,6,8,14H2,1-3H3,(H,28,33)/t23-,24-/m0/s1. The molecule has 6 nitrogen and oxygen atoms in total. The van der Waals surface area contributed by atoms with E-state index in [1.807, 2.05) is 24.4 Å². The van der Waals surface area contributed by atoms with Crippen LogP contribution in [0, 0.1) is 13.8 Å². The number of pyridine rings is 1. The number of esters is 1. The highest BCUT2D eigenvalue weighted by molar-refractivity contribution is 9.10. The molecule has 4 rings (SSSR count). The summed E-state index contributed by atoms with van der Waals surface area (Å²) in [5.41, 5.74) is 5.55. The van der Waals surface area contributed by atoms with Gasteiger partial charge >= 0.3 is 5.97 Å². The van der Waals surface area contributed by atoms with Crippen molar-refractivity contribution in [3.63, 3.8) is 0 Å². The van der Waals surface area contributed by atoms with Crippen molar-refractivity contribution >= 4 is 39.2 Å². The molecule has 0 saturated carbocycles. The molecule has 1 aromatic carbocycles. The van der Waals surface area contributed by atoms with Crippen LogP contribution in [0.25, 0.3) is 5.69 Å². The largest absolute Gasteiger partial charge is 0.469 e. The molecule has 0 amide bonds. The lowest BCUT2D eigenvalue weighted by Crippen LogP contribution is -2.31. The highest BCUT2D eigenvalue weighted by atomic mass is 79.9. The van der Waals surface area contributed by atoms with E-state index in [-0.39, 0.29) is 18.1 Å². The van der Waals surface area contributed by atoms with Gasteiger partial charge in [0, 0.05) is 40.7 Å². The molecule has 8 heteroatoms. The van der Waals surface area contributed by atoms with Crippen LogP contribution in [0.3, 0.4) is 0 Å². The van der Waals surface area contributed by atoms with Gasteiger partial charge in [0.25, 0.3) is 0 Å². The molecular weight excluding hydrogens is 500 g/mol. The second-order valence-electron chi connectivity index (χ2n) is 8.14. The minimum Gasteiger partial charge on any atom is -0.469 e. The molecule has 2 atom stereocenters. The van der Waals surface area contributed by atoms with Crippen molar-refractivity contribution in [2.45, 2.75) is 38.8 Å². The van der Waals surface area contributed by atoms with Gasteiger partial charge in [0.2, 0.25) is 0 Å². The Labute approximate surface area is 208 Å². The van der Waals surface area contributed by atoms with Crippen LogP contribution >= 0.6 is 28.1 Å². The number of benzene rings is 1. The van der Waals surface area contributed by atoms with Gasteiger partial charge in [-0.05, 0) is 80.5 Å². The van der Waals surface area contributed by atoms with Crippen LogP contribution in [0.15, 0.2) is 59.2 Å². The van der Waals surface area contributed by atoms with E-state index in [4.69, 9.17) is 17.0 Å². The third-order valence-corrected chi connectivity index (χ3v) is 6.96. The molecule has 1 aliphatic rings. The highest BCUT2D eigenvalue weighted by Crippen LogP contribution is 2.41. The lowest BCUT2D eigenvalue weighted by molar-refractivity contribution is -0.140. The summed E-state index contributed by atoms with van der Waals surface area (Å²) in [5, 5.41) is 4.16. The summed E-state index contributed by atoms with van der Waals surface area (Å²) < 4.78 is 8.13. The number of hydrogen-bond donors (Lipinski definition) is 1. The van der Waals surface area contributed by atoms with Crippen LogP contribution in [0.1, 0.15) is 47.6 Å². The Bertz CT molecular complexity index is 1150. The highest BCUT2D eigenvalue weighted by Gasteiger charge is 2.41. The van der Waals surface area contributed by atoms with Crippen molar-refractivity contribution < 1.29 is 9.53 Å². The molecule has 1 aliphatic heterocycles. The Balaban J connectivity index is 1.74. The molecule has 0 bridgehead atoms. The molecule has 0 unspecified atom stereocenters. The van der Waals surface area contributed by atoms with E-state index in [1.165, 1.54) is 12.7 Å². The average molecular weight is 527 g/mol. The first-order valence-corrected chi connectivity index (χ1v) is 12.1. The molecule has 2 aromatic heterocycles. The van der Waals surface area contributed by atoms with Gasteiger partial charge in [-0.3, -0.25) is 9.78 Å². The van der Waals surface area contributed by atoms with Gasteiger partial charge in [-0.25, -0.2) is 0 Å². The van der Waals surface area contributed by atoms with E-state index < -0.39 is 0 Å². The normalized spacial score (nSPS) is 17.8. The first-order valence-electron chi connectivity index (χ1n) is 10.9. The predicted molar refractivity (Wildman–Crippen MR) is 136 cm³/mol. The van der Waals surface area contributed by atoms with Gasteiger partial charge in [0.1, 0.15) is 0 Å². The maximum absolute atomic E-state index is 11.7. The first kappa shape index (κ1) is 23.4. The Kier molecular flexibility index (Phi) is 7.14. The van der Waals surface area contributed by atoms with Crippen LogP contribution in [0.5, 0.6) is 0 Å². The second-order valence-corrected chi connectivity index (χ2v) is 9.44. The third kappa shape index (κ3) is 4.82. The van der Waals surface area contributed by atoms with Gasteiger partial charge in [-0.15, -0.1) is 0 Å². The predicted octanol–water partition coefficient (Wildman–Crippen LogP) is 5.18. The zero-order valence-electron chi connectivity index (χ0n) is 18.9. The number of hydrogen-bond acceptors (Lipinski definition) is 4. The average Bonchev–Trinajstić information content (AvgIpc) is 3.30. The SMILES string of the molecule is COC(=O)CCCN1C(=S)N[C@@H](c2ccccn2)[C@@H]1c1cc(C)n(-c2ccc(Br)cc2)c1C. The lowest BCUT2D eigenvalue weighted by Gasteiger charge is -2.28. The Morgan fingerprint density at radius 3 is 2.64 bits per heavy atom. The molecular formula is C25H27BrN4O2S. The van der Waals surface area contributed by atoms with Crippen molar-refractivity contribution in [3.8, 4) is 5.69 Å². The maximum atomic E-state index is 11.7. The fraction of sp³-hybridized carbons (Fsp3) is 0.320. The molecule has 172 valence electrons. The van der Waals surface area contributed by atoms with E-state index in [9.17, 15) is 4.79 Å². The number of halogens is 1. The number of aryl methyl sites for hydroxylation is 1. The quantitative estimate of drug-likeness (QED) is 0.338. The first-order chi connectivity index (χ1) is 15.9. The molecule has 0 spiro atoms. The van der Waals surface area contributed by atoms with E-state index in [2.05, 4.69) is 79.9 Å². The fourth-order valence-corrected chi connectivity index (χ4v) is 5.15. The number of rotatable bonds is 7. The number of aromatic nitrogens is 2. The number of carbonyl (C=O) groups excluding carboxylic acids is 1. The molecule has 1 N–H and O–H groups in total. The van der Waals surface area contributed by atoms with Crippen LogP contribution < -0.4 is 5.32 Å². The van der Waals surface area contributed by atoms with Gasteiger partial charge in [0.05, 0.1) is 24.9 Å². The summed E-state index contributed by atoms with van der Waals surface area (Å²) >= 11 is 9.27. The van der Waals surface area contributed by atoms with E-state index in [0.29, 0.717) is 24.5 Å². The zero-order valence-corrected chi connectivity index (χ0v) is 21.3. The Morgan fingerprint density at radius 2 is 1.97 bits per heavy atom. The van der Waals surface area contributed by atoms with Gasteiger partial charge in [-0.1, -0.05) is 22.0 Å². The maximum Gasteiger partial charge on any atom is 0.305 e. The van der Waals surface area contributed by atoms with Crippen molar-refractivity contribution in [2.24, 2.45) is 0 Å². The van der Waals surface area contributed by atoms with Gasteiger partial charge < -0.3 is 19.5 Å². The molecule has 3 heterocycles. The summed E-state index contributed by atoms with van der Waals surface area (Å²) in [6.45, 7) is 4.92. The summed E-state index contributed by atoms with van der Waals surface area (Å²) in [7, 11) is 1.42. The van der Waals surface area contributed by atoms with E-state index in [1.54, 1.807) is 0 Å². The number of nitrogens with one attached hydrogen (secondary N) is 1. The molecule has 3 aromatic rings. The topological polar surface area (TPSA) is 59.4 Å². The lowest BCUT2D eigenvalue weighted by atomic mass is 9.96. The number of methoxy groups -OCH3 is 1. The van der Waals surface area contributed by atoms with Crippen LogP contribution in [-0.4, -0.2) is 39.2 Å². The zero-order chi connectivity index (χ0) is 23.5. The molecule has 0 aliphatic carbocycles. The number of carbonyl (C=O) groups is 1. The van der Waals surface area contributed by atoms with Crippen molar-refractivity contribution in [1.29, 1.82) is 0 Å². The monoisotopic (exact) mass is 526 g/mol. The minimum absolute atomic E-state index is 0.0413. The third-order valence-electron chi connectivity index (χ3n) is 6.08. The van der Waals surface area contributed by atoms with Gasteiger partial charge in [0.15, 0.2) is 5.11 Å². The molecule has 0 radical (unpaired) electrons. The van der Waals surface area contributed by atoms with Crippen molar-refractivity contribution in [3.05, 3.63) is 81.8 Å². The van der Waals surface area contributed by atoms with Crippen molar-refractivity contribution in [1.82, 2.24) is 19.8 Å². The summed E-state index contributed by atoms with van der Waals surface area (Å²) in [5.74, 6) is -0.209. The summed E-state index contributed by atoms with van der Waals surface area (Å²) in [4.78, 5) is 18.5. The Hall–Kier alpha value is -2.71. The van der Waals surface area contributed by atoms with E-state index >= 15 is 0 Å². The number of thiocarbonyl (C=S) groups is 1. The minimum atomic E-state index is -0.209. The molecule has 33 heavy (non-hydrogen) atoms. The molecule has 1 fully saturated rings. The van der Waals surface area contributed by atoms with Gasteiger partial charge in [-0.2, -0.15) is 0 Å². The van der Waals surface area contributed by atoms with Crippen LogP contribution in [0.2, 0.25) is 0 Å². The van der Waals surface area contributed by atoms with Crippen LogP contribution in [-0.2, 0) is 9.53 Å². The van der Waals surface area contributed by atoms with Crippen molar-refractivity contribution in [2.75, 3.05) is 13.7 Å². The van der Waals surface area contributed by atoms with E-state index in [0.717, 1.165) is 27.2 Å². The smallest absolute Gasteiger partial charge is 0.305 e. The van der Waals surface area contributed by atoms with Crippen LogP contribution in [0.4, 0.5) is 0 Å². The number of nitrogens with zero attached hydrogens (tertiary/aromatic N) is 3. The molecule has 1 saturated heterocycles. The summed E-state index contributed by atoms with van der Waals surface area (Å²) in [6, 6.07) is 16.4. The summed E-state index contributed by atoms with van der Waals surface area (Å²) in [6.07, 6.45) is 2.82. The second kappa shape index (κ2) is 10.1. The Morgan fingerprint density at radius 1 is 1.21 bits per heavy atom.